The molecule has 0 aliphatic carbocycles. The molecule has 4 rings (SSSR count). The zero-order valence-corrected chi connectivity index (χ0v) is 16.9. The van der Waals surface area contributed by atoms with Crippen molar-refractivity contribution >= 4 is 29.2 Å². The molecular weight excluding hydrogens is 400 g/mol. The lowest BCUT2D eigenvalue weighted by molar-refractivity contribution is 0.0947. The number of aromatic nitrogens is 2. The molecule has 2 heterocycles. The van der Waals surface area contributed by atoms with Gasteiger partial charge in [-0.2, -0.15) is 5.10 Å². The predicted molar refractivity (Wildman–Crippen MR) is 113 cm³/mol. The van der Waals surface area contributed by atoms with E-state index in [1.54, 1.807) is 60.5 Å². The first-order valence-corrected chi connectivity index (χ1v) is 9.57. The second-order valence-electron chi connectivity index (χ2n) is 7.15. The van der Waals surface area contributed by atoms with Crippen LogP contribution in [0.25, 0.3) is 0 Å². The van der Waals surface area contributed by atoms with Crippen molar-refractivity contribution < 1.29 is 24.2 Å². The van der Waals surface area contributed by atoms with Gasteiger partial charge in [-0.1, -0.05) is 12.1 Å². The van der Waals surface area contributed by atoms with Crippen molar-refractivity contribution in [2.24, 2.45) is 0 Å². The Morgan fingerprint density at radius 2 is 1.90 bits per heavy atom. The van der Waals surface area contributed by atoms with Gasteiger partial charge in [0.1, 0.15) is 5.75 Å². The van der Waals surface area contributed by atoms with Gasteiger partial charge in [-0.15, -0.1) is 0 Å². The summed E-state index contributed by atoms with van der Waals surface area (Å²) >= 11 is 0. The fraction of sp³-hybridized carbons (Fsp3) is 0.182. The van der Waals surface area contributed by atoms with Crippen molar-refractivity contribution in [1.29, 1.82) is 0 Å². The summed E-state index contributed by atoms with van der Waals surface area (Å²) in [7, 11) is 1.54. The van der Waals surface area contributed by atoms with Crippen molar-refractivity contribution in [3.8, 4) is 5.75 Å². The van der Waals surface area contributed by atoms with Crippen LogP contribution in [0.1, 0.15) is 33.3 Å². The molecule has 3 aromatic rings. The number of benzene rings is 2. The third kappa shape index (κ3) is 3.73. The van der Waals surface area contributed by atoms with Crippen molar-refractivity contribution in [2.75, 3.05) is 17.3 Å². The highest BCUT2D eigenvalue weighted by atomic mass is 16.5. The molecule has 1 aliphatic rings. The number of amides is 2. The zero-order chi connectivity index (χ0) is 22.1. The average Bonchev–Trinajstić information content (AvgIpc) is 3.15. The van der Waals surface area contributed by atoms with Crippen LogP contribution < -0.4 is 15.0 Å². The van der Waals surface area contributed by atoms with Gasteiger partial charge in [0, 0.05) is 16.8 Å². The van der Waals surface area contributed by atoms with Gasteiger partial charge < -0.3 is 14.7 Å². The molecule has 2 aromatic carbocycles. The van der Waals surface area contributed by atoms with Gasteiger partial charge >= 0.3 is 6.09 Å². The molecule has 0 radical (unpaired) electrons. The maximum atomic E-state index is 13.2. The van der Waals surface area contributed by atoms with Crippen LogP contribution >= 0.6 is 0 Å². The van der Waals surface area contributed by atoms with Gasteiger partial charge in [0.05, 0.1) is 31.6 Å². The molecule has 0 bridgehead atoms. The number of anilines is 2. The number of carboxylic acid groups (broad SMARTS) is 1. The Labute approximate surface area is 177 Å². The van der Waals surface area contributed by atoms with Crippen LogP contribution in [-0.2, 0) is 6.54 Å². The molecule has 9 nitrogen and oxygen atoms in total. The number of methoxy groups -OCH3 is 1. The second-order valence-corrected chi connectivity index (χ2v) is 7.15. The summed E-state index contributed by atoms with van der Waals surface area (Å²) in [6.45, 7) is 2.29. The average molecular weight is 420 g/mol. The molecule has 158 valence electrons. The molecule has 0 spiro atoms. The largest absolute Gasteiger partial charge is 0.497 e. The summed E-state index contributed by atoms with van der Waals surface area (Å²) in [5.41, 5.74) is 1.90. The molecule has 1 atom stereocenters. The van der Waals surface area contributed by atoms with E-state index in [2.05, 4.69) is 10.4 Å². The monoisotopic (exact) mass is 420 g/mol. The van der Waals surface area contributed by atoms with E-state index in [1.807, 2.05) is 6.92 Å². The zero-order valence-electron chi connectivity index (χ0n) is 16.9. The van der Waals surface area contributed by atoms with Crippen LogP contribution in [-0.4, -0.2) is 45.8 Å². The van der Waals surface area contributed by atoms with Crippen LogP contribution in [0.4, 0.5) is 16.2 Å². The van der Waals surface area contributed by atoms with Gasteiger partial charge in [0.15, 0.2) is 11.5 Å². The Morgan fingerprint density at radius 3 is 2.58 bits per heavy atom. The molecule has 2 N–H and O–H groups in total. The number of carbonyl (C=O) groups excluding carboxylic acids is 2. The third-order valence-corrected chi connectivity index (χ3v) is 5.12. The lowest BCUT2D eigenvalue weighted by Gasteiger charge is -2.34. The van der Waals surface area contributed by atoms with E-state index in [0.717, 1.165) is 0 Å². The van der Waals surface area contributed by atoms with Gasteiger partial charge in [-0.25, -0.2) is 4.79 Å². The van der Waals surface area contributed by atoms with E-state index in [9.17, 15) is 14.4 Å². The van der Waals surface area contributed by atoms with Crippen molar-refractivity contribution in [1.82, 2.24) is 9.78 Å². The maximum Gasteiger partial charge on any atom is 0.409 e. The van der Waals surface area contributed by atoms with Gasteiger partial charge in [0.25, 0.3) is 5.91 Å². The molecule has 31 heavy (non-hydrogen) atoms. The number of ketones is 1. The van der Waals surface area contributed by atoms with Gasteiger partial charge in [0.2, 0.25) is 0 Å². The molecule has 0 saturated carbocycles. The van der Waals surface area contributed by atoms with Crippen LogP contribution in [0.5, 0.6) is 5.75 Å². The molecule has 0 saturated heterocycles. The number of carbonyl (C=O) groups is 3. The Kier molecular flexibility index (Phi) is 5.16. The Morgan fingerprint density at radius 1 is 1.16 bits per heavy atom. The molecule has 9 heteroatoms. The first-order chi connectivity index (χ1) is 14.9. The minimum Gasteiger partial charge on any atom is -0.497 e. The molecule has 0 unspecified atom stereocenters. The van der Waals surface area contributed by atoms with Crippen LogP contribution in [0.15, 0.2) is 54.7 Å². The SMILES string of the molecule is COc1cccc(C(=O)c2ccc(N3C(=O)c4c(NC(=O)O)cnn4C[C@@H]3C)cc2)c1. The Hall–Kier alpha value is -4.14. The number of nitrogens with zero attached hydrogens (tertiary/aromatic N) is 3. The molecule has 0 fully saturated rings. The predicted octanol–water partition coefficient (Wildman–Crippen LogP) is 3.26. The summed E-state index contributed by atoms with van der Waals surface area (Å²) < 4.78 is 6.67. The lowest BCUT2D eigenvalue weighted by atomic mass is 10.0. The minimum atomic E-state index is -1.27. The van der Waals surface area contributed by atoms with Crippen molar-refractivity contribution in [3.63, 3.8) is 0 Å². The van der Waals surface area contributed by atoms with Crippen molar-refractivity contribution in [2.45, 2.75) is 19.5 Å². The van der Waals surface area contributed by atoms with E-state index < -0.39 is 6.09 Å². The first-order valence-electron chi connectivity index (χ1n) is 9.57. The van der Waals surface area contributed by atoms with E-state index in [0.29, 0.717) is 29.1 Å². The molecule has 2 amide bonds. The fourth-order valence-corrected chi connectivity index (χ4v) is 3.68. The van der Waals surface area contributed by atoms with Crippen LogP contribution in [0.2, 0.25) is 0 Å². The standard InChI is InChI=1S/C22H20N4O5/c1-13-12-25-19(18(11-23-25)24-22(29)30)21(28)26(13)16-8-6-14(7-9-16)20(27)15-4-3-5-17(10-15)31-2/h3-11,13,24H,12H2,1-2H3,(H,29,30)/t13-/m0/s1. The van der Waals surface area contributed by atoms with E-state index in [4.69, 9.17) is 9.84 Å². The highest BCUT2D eigenvalue weighted by Gasteiger charge is 2.34. The van der Waals surface area contributed by atoms with Crippen molar-refractivity contribution in [3.05, 3.63) is 71.5 Å². The Bertz CT molecular complexity index is 1170. The minimum absolute atomic E-state index is 0.138. The van der Waals surface area contributed by atoms with E-state index in [-0.39, 0.29) is 29.1 Å². The maximum absolute atomic E-state index is 13.2. The van der Waals surface area contributed by atoms with Crippen LogP contribution in [0.3, 0.4) is 0 Å². The highest BCUT2D eigenvalue weighted by molar-refractivity contribution is 6.12. The summed E-state index contributed by atoms with van der Waals surface area (Å²) in [5.74, 6) is 0.0685. The third-order valence-electron chi connectivity index (χ3n) is 5.12. The number of rotatable bonds is 5. The summed E-state index contributed by atoms with van der Waals surface area (Å²) in [4.78, 5) is 38.5. The topological polar surface area (TPSA) is 114 Å². The summed E-state index contributed by atoms with van der Waals surface area (Å²) in [6.07, 6.45) is 0.0576. The molecule has 1 aliphatic heterocycles. The number of hydrogen-bond acceptors (Lipinski definition) is 5. The number of fused-ring (bicyclic) bond motifs is 1. The van der Waals surface area contributed by atoms with Crippen LogP contribution in [0, 0.1) is 0 Å². The number of ether oxygens (including phenoxy) is 1. The number of nitrogens with one attached hydrogen (secondary N) is 1. The smallest absolute Gasteiger partial charge is 0.409 e. The molecule has 1 aromatic heterocycles. The number of hydrogen-bond donors (Lipinski definition) is 2. The summed E-state index contributed by atoms with van der Waals surface area (Å²) in [6, 6.07) is 13.4. The highest BCUT2D eigenvalue weighted by Crippen LogP contribution is 2.29. The fourth-order valence-electron chi connectivity index (χ4n) is 3.68. The summed E-state index contributed by atoms with van der Waals surface area (Å²) in [5, 5.41) is 15.3. The van der Waals surface area contributed by atoms with E-state index >= 15 is 0 Å². The Balaban J connectivity index is 1.61. The lowest BCUT2D eigenvalue weighted by Crippen LogP contribution is -2.47. The van der Waals surface area contributed by atoms with E-state index in [1.165, 1.54) is 10.9 Å². The quantitative estimate of drug-likeness (QED) is 0.613. The second kappa shape index (κ2) is 7.94. The van der Waals surface area contributed by atoms with Gasteiger partial charge in [-0.05, 0) is 43.3 Å². The van der Waals surface area contributed by atoms with Gasteiger partial charge in [-0.3, -0.25) is 19.6 Å². The molecular formula is C22H20N4O5. The normalized spacial score (nSPS) is 15.4. The first kappa shape index (κ1) is 20.1.